The number of carboxylic acids is 1. The lowest BCUT2D eigenvalue weighted by Crippen LogP contribution is -2.67. The number of carbonyl (C=O) groups excluding carboxylic acids is 1. The van der Waals surface area contributed by atoms with Crippen LogP contribution in [0.4, 0.5) is 0 Å². The summed E-state index contributed by atoms with van der Waals surface area (Å²) in [5.74, 6) is 0.404. The molecule has 0 aromatic heterocycles. The molecule has 1 saturated heterocycles. The zero-order chi connectivity index (χ0) is 36.8. The minimum absolute atomic E-state index is 0.0348. The fourth-order valence-electron chi connectivity index (χ4n) is 13.6. The summed E-state index contributed by atoms with van der Waals surface area (Å²) in [4.78, 5) is 31.8. The molecule has 6 fully saturated rings. The maximum absolute atomic E-state index is 13.5. The van der Waals surface area contributed by atoms with Crippen LogP contribution in [0.2, 0.25) is 0 Å². The van der Waals surface area contributed by atoms with Crippen molar-refractivity contribution in [3.8, 4) is 0 Å². The van der Waals surface area contributed by atoms with Crippen LogP contribution in [-0.4, -0.2) is 99.5 Å². The highest BCUT2D eigenvalue weighted by atomic mass is 16.7. The number of aliphatic hydroxyl groups is 4. The minimum atomic E-state index is -1.59. The molecular weight excluding hydrogens is 642 g/mol. The summed E-state index contributed by atoms with van der Waals surface area (Å²) in [5.41, 5.74) is 0.327. The molecule has 5 N–H and O–H groups in total. The Bertz CT molecular complexity index is 1340. The summed E-state index contributed by atoms with van der Waals surface area (Å²) in [6, 6.07) is 0. The van der Waals surface area contributed by atoms with Gasteiger partial charge in [0.15, 0.2) is 6.23 Å². The van der Waals surface area contributed by atoms with E-state index in [0.717, 1.165) is 68.4 Å². The monoisotopic (exact) mass is 705 g/mol. The van der Waals surface area contributed by atoms with Gasteiger partial charge in [0.25, 0.3) is 0 Å². The standard InChI is InChI=1S/C39H63NO10/c1-21(2)22-11-16-39(34(46)47)18-17-37(6)23(29(22)39)9-10-26-36(5)14-13-27(35(3,4)25(36)12-15-38(26,37)7)50-28(42)19-40(48-8)33-32(45)31(44)30(43)24(20-41)49-33/h22-27,29-33,41,43-45H,1,9-20H2,2-8H3,(H,46,47)/t22-,23?,24-,25?,26?,27-,29?,30+,31+,32-,33?,36-,37+,38+,39-/m0/s1. The third-order valence-corrected chi connectivity index (χ3v) is 16.4. The summed E-state index contributed by atoms with van der Waals surface area (Å²) < 4.78 is 11.8. The van der Waals surface area contributed by atoms with Gasteiger partial charge < -0.3 is 35.0 Å². The summed E-state index contributed by atoms with van der Waals surface area (Å²) >= 11 is 0. The van der Waals surface area contributed by atoms with Crippen LogP contribution in [0.15, 0.2) is 12.2 Å². The predicted molar refractivity (Wildman–Crippen MR) is 184 cm³/mol. The molecule has 0 aromatic rings. The molecule has 5 unspecified atom stereocenters. The third kappa shape index (κ3) is 5.37. The smallest absolute Gasteiger partial charge is 0.323 e. The number of aliphatic carboxylic acids is 1. The first-order chi connectivity index (χ1) is 23.3. The number of hydroxylamine groups is 2. The van der Waals surface area contributed by atoms with Gasteiger partial charge in [-0.1, -0.05) is 46.8 Å². The van der Waals surface area contributed by atoms with Crippen molar-refractivity contribution in [2.75, 3.05) is 20.3 Å². The molecular formula is C39H63NO10. The lowest BCUT2D eigenvalue weighted by Gasteiger charge is -2.72. The van der Waals surface area contributed by atoms with Gasteiger partial charge in [-0.3, -0.25) is 14.4 Å². The lowest BCUT2D eigenvalue weighted by atomic mass is 9.32. The van der Waals surface area contributed by atoms with Gasteiger partial charge in [-0.2, -0.15) is 0 Å². The molecule has 1 heterocycles. The maximum Gasteiger partial charge on any atom is 0.323 e. The molecule has 11 heteroatoms. The van der Waals surface area contributed by atoms with E-state index >= 15 is 0 Å². The van der Waals surface area contributed by atoms with Crippen LogP contribution in [0.5, 0.6) is 0 Å². The van der Waals surface area contributed by atoms with Crippen LogP contribution in [0, 0.1) is 56.7 Å². The molecule has 5 saturated carbocycles. The number of ether oxygens (including phenoxy) is 2. The van der Waals surface area contributed by atoms with Crippen molar-refractivity contribution in [2.45, 2.75) is 142 Å². The number of hydrogen-bond acceptors (Lipinski definition) is 10. The summed E-state index contributed by atoms with van der Waals surface area (Å²) in [5, 5.41) is 52.4. The first-order valence-electron chi connectivity index (χ1n) is 19.0. The van der Waals surface area contributed by atoms with Crippen molar-refractivity contribution in [3.05, 3.63) is 12.2 Å². The molecule has 5 aliphatic carbocycles. The van der Waals surface area contributed by atoms with Gasteiger partial charge >= 0.3 is 11.9 Å². The zero-order valence-electron chi connectivity index (χ0n) is 31.3. The number of nitrogens with zero attached hydrogens (tertiary/aromatic N) is 1. The van der Waals surface area contributed by atoms with E-state index in [9.17, 15) is 35.1 Å². The van der Waals surface area contributed by atoms with Crippen LogP contribution >= 0.6 is 0 Å². The molecule has 0 aromatic carbocycles. The van der Waals surface area contributed by atoms with E-state index in [-0.39, 0.29) is 46.1 Å². The topological polar surface area (TPSA) is 166 Å². The molecule has 6 aliphatic rings. The summed E-state index contributed by atoms with van der Waals surface area (Å²) in [6.07, 6.45) is 1.79. The van der Waals surface area contributed by atoms with E-state index in [2.05, 4.69) is 48.1 Å². The van der Waals surface area contributed by atoms with Gasteiger partial charge in [-0.05, 0) is 117 Å². The first-order valence-corrected chi connectivity index (χ1v) is 19.0. The Kier molecular flexibility index (Phi) is 9.96. The van der Waals surface area contributed by atoms with Crippen LogP contribution in [0.3, 0.4) is 0 Å². The van der Waals surface area contributed by atoms with Crippen molar-refractivity contribution in [1.82, 2.24) is 5.06 Å². The normalized spacial score (nSPS) is 49.6. The van der Waals surface area contributed by atoms with E-state index in [1.54, 1.807) is 0 Å². The van der Waals surface area contributed by atoms with Gasteiger partial charge in [0, 0.05) is 5.41 Å². The highest BCUT2D eigenvalue weighted by molar-refractivity contribution is 5.76. The number of allylic oxidation sites excluding steroid dienone is 1. The SMILES string of the molecule is C=C(C)[C@@H]1CC[C@]2(C(=O)O)CC[C@]3(C)C(CCC4[C@@]5(C)CC[C@H](OC(=O)CN(OC)C6O[C@@H](CO)[C@@H](O)[C@@H](O)[C@@H]6O)C(C)(C)C5CC[C@]43C)C12. The largest absolute Gasteiger partial charge is 0.481 e. The molecule has 0 bridgehead atoms. The second-order valence-corrected chi connectivity index (χ2v) is 18.5. The van der Waals surface area contributed by atoms with E-state index in [0.29, 0.717) is 24.2 Å². The van der Waals surface area contributed by atoms with Gasteiger partial charge in [-0.25, -0.2) is 0 Å². The quantitative estimate of drug-likeness (QED) is 0.139. The number of esters is 1. The molecule has 6 rings (SSSR count). The molecule has 0 amide bonds. The Hall–Kier alpha value is -1.60. The molecule has 11 nitrogen and oxygen atoms in total. The second kappa shape index (κ2) is 13.1. The predicted octanol–water partition coefficient (Wildman–Crippen LogP) is 4.30. The van der Waals surface area contributed by atoms with E-state index in [4.69, 9.17) is 14.3 Å². The Labute approximate surface area is 297 Å². The molecule has 1 aliphatic heterocycles. The molecule has 0 radical (unpaired) electrons. The number of carboxylic acid groups (broad SMARTS) is 1. The number of hydrogen-bond donors (Lipinski definition) is 5. The third-order valence-electron chi connectivity index (χ3n) is 16.4. The zero-order valence-corrected chi connectivity index (χ0v) is 31.3. The lowest BCUT2D eigenvalue weighted by molar-refractivity contribution is -0.327. The number of carbonyl (C=O) groups is 2. The first kappa shape index (κ1) is 38.1. The van der Waals surface area contributed by atoms with Crippen LogP contribution in [0.1, 0.15) is 106 Å². The van der Waals surface area contributed by atoms with Crippen LogP contribution < -0.4 is 0 Å². The average molecular weight is 706 g/mol. The van der Waals surface area contributed by atoms with Gasteiger partial charge in [-0.15, -0.1) is 5.06 Å². The Balaban J connectivity index is 1.19. The Morgan fingerprint density at radius 3 is 2.18 bits per heavy atom. The Morgan fingerprint density at radius 1 is 0.860 bits per heavy atom. The van der Waals surface area contributed by atoms with Crippen molar-refractivity contribution in [1.29, 1.82) is 0 Å². The second-order valence-electron chi connectivity index (χ2n) is 18.5. The van der Waals surface area contributed by atoms with Crippen molar-refractivity contribution in [3.63, 3.8) is 0 Å². The van der Waals surface area contributed by atoms with Crippen LogP contribution in [-0.2, 0) is 23.9 Å². The number of fused-ring (bicyclic) bond motifs is 7. The van der Waals surface area contributed by atoms with Crippen molar-refractivity contribution >= 4 is 11.9 Å². The molecule has 0 spiro atoms. The van der Waals surface area contributed by atoms with Crippen molar-refractivity contribution < 1.29 is 49.4 Å². The summed E-state index contributed by atoms with van der Waals surface area (Å²) in [7, 11) is 1.32. The highest BCUT2D eigenvalue weighted by Gasteiger charge is 2.72. The number of rotatable bonds is 8. The molecule has 50 heavy (non-hydrogen) atoms. The highest BCUT2D eigenvalue weighted by Crippen LogP contribution is 2.77. The minimum Gasteiger partial charge on any atom is -0.481 e. The maximum atomic E-state index is 13.5. The van der Waals surface area contributed by atoms with Gasteiger partial charge in [0.1, 0.15) is 37.1 Å². The summed E-state index contributed by atoms with van der Waals surface area (Å²) in [6.45, 7) is 17.5. The molecule has 284 valence electrons. The van der Waals surface area contributed by atoms with Gasteiger partial charge in [0.05, 0.1) is 19.1 Å². The van der Waals surface area contributed by atoms with E-state index in [1.165, 1.54) is 7.11 Å². The van der Waals surface area contributed by atoms with Crippen LogP contribution in [0.25, 0.3) is 0 Å². The Morgan fingerprint density at radius 2 is 1.56 bits per heavy atom. The number of aliphatic hydroxyl groups excluding tert-OH is 4. The van der Waals surface area contributed by atoms with Gasteiger partial charge in [0.2, 0.25) is 0 Å². The van der Waals surface area contributed by atoms with E-state index in [1.807, 2.05) is 0 Å². The van der Waals surface area contributed by atoms with E-state index < -0.39 is 54.6 Å². The molecule has 15 atom stereocenters. The fraction of sp³-hybridized carbons (Fsp3) is 0.897. The fourth-order valence-corrected chi connectivity index (χ4v) is 13.6. The van der Waals surface area contributed by atoms with Crippen molar-refractivity contribution in [2.24, 2.45) is 56.7 Å². The average Bonchev–Trinajstić information content (AvgIpc) is 3.46.